The summed E-state index contributed by atoms with van der Waals surface area (Å²) >= 11 is 12.7. The van der Waals surface area contributed by atoms with Gasteiger partial charge in [-0.25, -0.2) is 0 Å². The highest BCUT2D eigenvalue weighted by Crippen LogP contribution is 2.54. The van der Waals surface area contributed by atoms with Crippen LogP contribution in [0.15, 0.2) is 0 Å². The van der Waals surface area contributed by atoms with Crippen molar-refractivity contribution in [2.24, 2.45) is 5.41 Å². The van der Waals surface area contributed by atoms with Crippen LogP contribution < -0.4 is 0 Å². The van der Waals surface area contributed by atoms with E-state index >= 15 is 0 Å². The van der Waals surface area contributed by atoms with Gasteiger partial charge in [-0.2, -0.15) is 0 Å². The Morgan fingerprint density at radius 2 is 1.93 bits per heavy atom. The molecule has 4 heteroatoms. The van der Waals surface area contributed by atoms with Crippen LogP contribution in [0.1, 0.15) is 40.5 Å². The Balaban J connectivity index is 2.49. The van der Waals surface area contributed by atoms with Crippen molar-refractivity contribution in [3.8, 4) is 0 Å². The zero-order chi connectivity index (χ0) is 11.7. The fraction of sp³-hybridized carbons (Fsp3) is 1.00. The molecule has 0 saturated carbocycles. The van der Waals surface area contributed by atoms with Gasteiger partial charge in [0, 0.05) is 12.1 Å². The largest absolute Gasteiger partial charge is 0.378 e. The van der Waals surface area contributed by atoms with E-state index in [9.17, 15) is 0 Å². The maximum atomic E-state index is 6.37. The molecule has 0 aromatic heterocycles. The molecule has 0 radical (unpaired) electrons. The third-order valence-electron chi connectivity index (χ3n) is 2.83. The number of ether oxygens (including phenoxy) is 1. The fourth-order valence-corrected chi connectivity index (χ4v) is 6.75. The van der Waals surface area contributed by atoms with Crippen LogP contribution in [0.2, 0.25) is 11.6 Å². The molecule has 1 rings (SSSR count). The molecule has 0 aromatic carbocycles. The Morgan fingerprint density at radius 1 is 1.33 bits per heavy atom. The minimum atomic E-state index is -1.98. The summed E-state index contributed by atoms with van der Waals surface area (Å²) in [4.78, 5) is 0. The van der Waals surface area contributed by atoms with E-state index in [1.807, 2.05) is 0 Å². The second-order valence-electron chi connectivity index (χ2n) is 5.75. The van der Waals surface area contributed by atoms with Crippen molar-refractivity contribution >= 4 is 28.9 Å². The van der Waals surface area contributed by atoms with Crippen LogP contribution in [0.4, 0.5) is 0 Å². The van der Waals surface area contributed by atoms with Crippen LogP contribution >= 0.6 is 22.2 Å². The third-order valence-corrected chi connectivity index (χ3v) is 8.05. The van der Waals surface area contributed by atoms with Gasteiger partial charge >= 0.3 is 0 Å². The SMILES string of the molecule is CCCOC1C[Si](Cl)(Cl)C1CC(C)(C)C. The lowest BCUT2D eigenvalue weighted by molar-refractivity contribution is 0.0365. The number of rotatable bonds is 4. The Morgan fingerprint density at radius 3 is 2.33 bits per heavy atom. The molecule has 0 amide bonds. The molecule has 90 valence electrons. The maximum Gasteiger partial charge on any atom is 0.259 e. The van der Waals surface area contributed by atoms with E-state index in [2.05, 4.69) is 27.7 Å². The lowest BCUT2D eigenvalue weighted by Gasteiger charge is -2.47. The quantitative estimate of drug-likeness (QED) is 0.538. The molecule has 1 aliphatic heterocycles. The summed E-state index contributed by atoms with van der Waals surface area (Å²) in [7, 11) is 0. The van der Waals surface area contributed by atoms with Crippen LogP contribution in [0.3, 0.4) is 0 Å². The van der Waals surface area contributed by atoms with Gasteiger partial charge in [0.2, 0.25) is 0 Å². The Labute approximate surface area is 104 Å². The molecule has 1 nitrogen and oxygen atoms in total. The topological polar surface area (TPSA) is 9.23 Å². The van der Waals surface area contributed by atoms with Gasteiger partial charge in [-0.05, 0) is 24.3 Å². The van der Waals surface area contributed by atoms with Crippen molar-refractivity contribution < 1.29 is 4.74 Å². The van der Waals surface area contributed by atoms with Crippen molar-refractivity contribution in [2.75, 3.05) is 6.61 Å². The zero-order valence-corrected chi connectivity index (χ0v) is 12.7. The number of hydrogen-bond acceptors (Lipinski definition) is 1. The summed E-state index contributed by atoms with van der Waals surface area (Å²) in [6.07, 6.45) is 2.48. The normalized spacial score (nSPS) is 30.0. The first-order valence-corrected chi connectivity index (χ1v) is 10.1. The van der Waals surface area contributed by atoms with Gasteiger partial charge in [0.1, 0.15) is 0 Å². The van der Waals surface area contributed by atoms with Crippen molar-refractivity contribution in [3.63, 3.8) is 0 Å². The highest BCUT2D eigenvalue weighted by molar-refractivity contribution is 7.47. The van der Waals surface area contributed by atoms with Gasteiger partial charge < -0.3 is 4.74 Å². The molecule has 0 aliphatic carbocycles. The summed E-state index contributed by atoms with van der Waals surface area (Å²) in [5.41, 5.74) is 0.716. The molecule has 2 unspecified atom stereocenters. The van der Waals surface area contributed by atoms with E-state index in [0.717, 1.165) is 25.5 Å². The van der Waals surface area contributed by atoms with Crippen LogP contribution in [-0.4, -0.2) is 19.4 Å². The van der Waals surface area contributed by atoms with Crippen LogP contribution in [-0.2, 0) is 4.74 Å². The molecule has 15 heavy (non-hydrogen) atoms. The molecular formula is C11H22Cl2OSi. The predicted molar refractivity (Wildman–Crippen MR) is 70.1 cm³/mol. The number of halogens is 2. The minimum absolute atomic E-state index is 0.293. The van der Waals surface area contributed by atoms with Gasteiger partial charge in [-0.15, -0.1) is 22.2 Å². The smallest absolute Gasteiger partial charge is 0.259 e. The second-order valence-corrected chi connectivity index (χ2v) is 13.0. The first-order chi connectivity index (χ1) is 6.76. The van der Waals surface area contributed by atoms with Crippen molar-refractivity contribution in [1.82, 2.24) is 0 Å². The minimum Gasteiger partial charge on any atom is -0.378 e. The van der Waals surface area contributed by atoms with E-state index in [-0.39, 0.29) is 0 Å². The molecule has 2 atom stereocenters. The van der Waals surface area contributed by atoms with Gasteiger partial charge in [-0.1, -0.05) is 27.7 Å². The monoisotopic (exact) mass is 268 g/mol. The zero-order valence-electron chi connectivity index (χ0n) is 10.1. The molecule has 0 aromatic rings. The summed E-state index contributed by atoms with van der Waals surface area (Å²) < 4.78 is 5.79. The lowest BCUT2D eigenvalue weighted by Crippen LogP contribution is -2.51. The highest BCUT2D eigenvalue weighted by Gasteiger charge is 2.56. The van der Waals surface area contributed by atoms with Crippen molar-refractivity contribution in [2.45, 2.75) is 58.2 Å². The molecule has 1 aliphatic rings. The fourth-order valence-electron chi connectivity index (χ4n) is 2.06. The summed E-state index contributed by atoms with van der Waals surface area (Å²) in [5.74, 6) is 0. The van der Waals surface area contributed by atoms with Crippen molar-refractivity contribution in [1.29, 1.82) is 0 Å². The molecule has 0 N–H and O–H groups in total. The summed E-state index contributed by atoms with van der Waals surface area (Å²) in [5, 5.41) is 0. The Hall–Kier alpha value is 0.757. The molecule has 1 heterocycles. The summed E-state index contributed by atoms with van der Waals surface area (Å²) in [6.45, 7) is 7.69. The standard InChI is InChI=1S/C11H22Cl2OSi/c1-5-6-14-9-8-15(12,13)10(9)7-11(2,3)4/h9-10H,5-8H2,1-4H3. The van der Waals surface area contributed by atoms with Crippen molar-refractivity contribution in [3.05, 3.63) is 0 Å². The number of hydrogen-bond donors (Lipinski definition) is 0. The molecule has 0 spiro atoms. The van der Waals surface area contributed by atoms with E-state index in [0.29, 0.717) is 17.1 Å². The van der Waals surface area contributed by atoms with E-state index in [1.165, 1.54) is 0 Å². The second kappa shape index (κ2) is 4.95. The predicted octanol–water partition coefficient (Wildman–Crippen LogP) is 4.52. The van der Waals surface area contributed by atoms with Crippen LogP contribution in [0.5, 0.6) is 0 Å². The van der Waals surface area contributed by atoms with Gasteiger partial charge in [0.15, 0.2) is 0 Å². The maximum absolute atomic E-state index is 6.37. The van der Waals surface area contributed by atoms with E-state index in [1.54, 1.807) is 0 Å². The average molecular weight is 269 g/mol. The van der Waals surface area contributed by atoms with Crippen LogP contribution in [0, 0.1) is 5.41 Å². The Bertz CT molecular complexity index is 213. The average Bonchev–Trinajstić information content (AvgIpc) is 2.07. The van der Waals surface area contributed by atoms with E-state index in [4.69, 9.17) is 26.9 Å². The Kier molecular flexibility index (Phi) is 4.56. The molecule has 1 fully saturated rings. The lowest BCUT2D eigenvalue weighted by atomic mass is 9.88. The van der Waals surface area contributed by atoms with Gasteiger partial charge in [0.25, 0.3) is 6.69 Å². The van der Waals surface area contributed by atoms with E-state index < -0.39 is 6.69 Å². The first-order valence-electron chi connectivity index (χ1n) is 5.76. The van der Waals surface area contributed by atoms with Crippen LogP contribution in [0.25, 0.3) is 0 Å². The van der Waals surface area contributed by atoms with Gasteiger partial charge in [0.05, 0.1) is 6.10 Å². The van der Waals surface area contributed by atoms with Gasteiger partial charge in [-0.3, -0.25) is 0 Å². The third kappa shape index (κ3) is 3.92. The summed E-state index contributed by atoms with van der Waals surface area (Å²) in [6, 6.07) is 0.914. The first kappa shape index (κ1) is 13.8. The molecule has 1 saturated heterocycles. The molecule has 0 bridgehead atoms. The molecular weight excluding hydrogens is 247 g/mol. The highest BCUT2D eigenvalue weighted by atomic mass is 35.7.